The second-order valence-corrected chi connectivity index (χ2v) is 6.75. The van der Waals surface area contributed by atoms with E-state index < -0.39 is 11.4 Å². The molecule has 0 aliphatic carbocycles. The number of rotatable bonds is 7. The lowest BCUT2D eigenvalue weighted by Gasteiger charge is -2.09. The van der Waals surface area contributed by atoms with E-state index in [0.717, 1.165) is 5.69 Å². The van der Waals surface area contributed by atoms with Crippen LogP contribution in [0.2, 0.25) is 0 Å². The first kappa shape index (κ1) is 18.7. The van der Waals surface area contributed by atoms with Gasteiger partial charge >= 0.3 is 5.51 Å². The van der Waals surface area contributed by atoms with E-state index in [0.29, 0.717) is 22.1 Å². The van der Waals surface area contributed by atoms with Gasteiger partial charge in [-0.05, 0) is 30.8 Å². The van der Waals surface area contributed by atoms with Gasteiger partial charge in [-0.3, -0.25) is 4.79 Å². The van der Waals surface area contributed by atoms with Crippen molar-refractivity contribution in [3.63, 3.8) is 0 Å². The third-order valence-electron chi connectivity index (χ3n) is 2.70. The van der Waals surface area contributed by atoms with Gasteiger partial charge in [-0.15, -0.1) is 0 Å². The van der Waals surface area contributed by atoms with Crippen molar-refractivity contribution in [1.29, 1.82) is 0 Å². The number of nitrogens with one attached hydrogen (secondary N) is 1. The molecule has 0 atom stereocenters. The van der Waals surface area contributed by atoms with E-state index in [1.165, 1.54) is 11.8 Å². The Morgan fingerprint density at radius 2 is 2.21 bits per heavy atom. The number of amides is 1. The second-order valence-electron chi connectivity index (χ2n) is 4.62. The number of aryl methyl sites for hydroxylation is 1. The maximum Gasteiger partial charge on any atom is 0.441 e. The molecule has 0 aliphatic rings. The second kappa shape index (κ2) is 8.43. The molecule has 0 unspecified atom stereocenters. The van der Waals surface area contributed by atoms with Crippen molar-refractivity contribution in [2.24, 2.45) is 0 Å². The highest BCUT2D eigenvalue weighted by Gasteiger charge is 2.27. The fourth-order valence-corrected chi connectivity index (χ4v) is 3.04. The number of hydrogen-bond acceptors (Lipinski definition) is 6. The lowest BCUT2D eigenvalue weighted by atomic mass is 10.3. The highest BCUT2D eigenvalue weighted by atomic mass is 32.2. The number of halogens is 3. The molecule has 2 aromatic heterocycles. The van der Waals surface area contributed by atoms with Gasteiger partial charge in [0.15, 0.2) is 0 Å². The summed E-state index contributed by atoms with van der Waals surface area (Å²) < 4.78 is 41.1. The minimum Gasteiger partial charge on any atom is -0.361 e. The summed E-state index contributed by atoms with van der Waals surface area (Å²) in [6.07, 6.45) is 1.55. The molecule has 2 heterocycles. The summed E-state index contributed by atoms with van der Waals surface area (Å²) in [7, 11) is 0. The average molecular weight is 377 g/mol. The molecule has 2 aromatic rings. The molecular formula is C14H14F3N3O2S2. The molecular weight excluding hydrogens is 363 g/mol. The first-order valence-corrected chi connectivity index (χ1v) is 8.81. The van der Waals surface area contributed by atoms with Crippen LogP contribution in [0.15, 0.2) is 33.9 Å². The van der Waals surface area contributed by atoms with Crippen LogP contribution in [0.1, 0.15) is 21.8 Å². The number of pyridine rings is 1. The predicted octanol–water partition coefficient (Wildman–Crippen LogP) is 3.65. The molecule has 10 heteroatoms. The number of carbonyl (C=O) groups is 1. The Bertz CT molecular complexity index is 692. The van der Waals surface area contributed by atoms with E-state index in [2.05, 4.69) is 15.5 Å². The molecule has 130 valence electrons. The van der Waals surface area contributed by atoms with Crippen molar-refractivity contribution in [3.05, 3.63) is 41.4 Å². The Kier molecular flexibility index (Phi) is 6.55. The van der Waals surface area contributed by atoms with E-state index in [4.69, 9.17) is 4.52 Å². The third-order valence-corrected chi connectivity index (χ3v) is 4.48. The molecule has 5 nitrogen and oxygen atoms in total. The molecule has 0 spiro atoms. The normalized spacial score (nSPS) is 11.5. The van der Waals surface area contributed by atoms with Gasteiger partial charge < -0.3 is 9.84 Å². The first-order valence-electron chi connectivity index (χ1n) is 6.84. The van der Waals surface area contributed by atoms with Gasteiger partial charge in [0.25, 0.3) is 5.91 Å². The molecule has 0 radical (unpaired) electrons. The summed E-state index contributed by atoms with van der Waals surface area (Å²) in [5.74, 6) is 0.464. The molecule has 0 aromatic carbocycles. The fourth-order valence-electron chi connectivity index (χ4n) is 1.73. The van der Waals surface area contributed by atoms with Gasteiger partial charge in [-0.2, -0.15) is 13.2 Å². The minimum absolute atomic E-state index is 0.0789. The monoisotopic (exact) mass is 377 g/mol. The number of nitrogens with zero attached hydrogens (tertiary/aromatic N) is 2. The summed E-state index contributed by atoms with van der Waals surface area (Å²) >= 11 is 1.14. The summed E-state index contributed by atoms with van der Waals surface area (Å²) in [6.45, 7) is 1.70. The van der Waals surface area contributed by atoms with Gasteiger partial charge in [0.05, 0.1) is 11.3 Å². The lowest BCUT2D eigenvalue weighted by molar-refractivity contribution is -0.0327. The quantitative estimate of drug-likeness (QED) is 0.587. The smallest absolute Gasteiger partial charge is 0.361 e. The molecule has 0 saturated heterocycles. The van der Waals surface area contributed by atoms with Gasteiger partial charge in [-0.25, -0.2) is 4.98 Å². The topological polar surface area (TPSA) is 68.0 Å². The zero-order valence-electron chi connectivity index (χ0n) is 12.6. The molecule has 0 saturated carbocycles. The van der Waals surface area contributed by atoms with E-state index >= 15 is 0 Å². The molecule has 0 bridgehead atoms. The van der Waals surface area contributed by atoms with Crippen LogP contribution in [-0.2, 0) is 5.75 Å². The number of hydrogen-bond donors (Lipinski definition) is 1. The SMILES string of the molecule is Cc1cc(CSc2ncccc2C(=O)NCCSC(F)(F)F)no1. The summed E-state index contributed by atoms with van der Waals surface area (Å²) in [6, 6.07) is 4.96. The molecule has 1 N–H and O–H groups in total. The molecule has 24 heavy (non-hydrogen) atoms. The van der Waals surface area contributed by atoms with E-state index in [-0.39, 0.29) is 24.1 Å². The van der Waals surface area contributed by atoms with E-state index in [9.17, 15) is 18.0 Å². The average Bonchev–Trinajstić information content (AvgIpc) is 2.94. The highest BCUT2D eigenvalue weighted by Crippen LogP contribution is 2.29. The van der Waals surface area contributed by atoms with Crippen molar-refractivity contribution < 1.29 is 22.5 Å². The summed E-state index contributed by atoms with van der Waals surface area (Å²) in [5.41, 5.74) is -3.26. The van der Waals surface area contributed by atoms with Crippen LogP contribution in [0.25, 0.3) is 0 Å². The zero-order chi connectivity index (χ0) is 17.6. The Hall–Kier alpha value is -1.68. The van der Waals surface area contributed by atoms with Gasteiger partial charge in [0, 0.05) is 30.3 Å². The minimum atomic E-state index is -4.30. The molecule has 1 amide bonds. The number of alkyl halides is 3. The van der Waals surface area contributed by atoms with Crippen LogP contribution < -0.4 is 5.32 Å². The first-order chi connectivity index (χ1) is 11.3. The number of carbonyl (C=O) groups excluding carboxylic acids is 1. The van der Waals surface area contributed by atoms with Crippen molar-refractivity contribution in [3.8, 4) is 0 Å². The third kappa shape index (κ3) is 6.08. The van der Waals surface area contributed by atoms with Crippen LogP contribution in [0.4, 0.5) is 13.2 Å². The number of aromatic nitrogens is 2. The Morgan fingerprint density at radius 1 is 1.42 bits per heavy atom. The molecule has 2 rings (SSSR count). The van der Waals surface area contributed by atoms with Crippen molar-refractivity contribution in [2.75, 3.05) is 12.3 Å². The Labute approximate surface area is 144 Å². The maximum absolute atomic E-state index is 12.1. The van der Waals surface area contributed by atoms with Crippen LogP contribution in [0.5, 0.6) is 0 Å². The van der Waals surface area contributed by atoms with Gasteiger partial charge in [0.2, 0.25) is 0 Å². The van der Waals surface area contributed by atoms with Crippen molar-refractivity contribution >= 4 is 29.4 Å². The van der Waals surface area contributed by atoms with Crippen LogP contribution in [0.3, 0.4) is 0 Å². The van der Waals surface area contributed by atoms with Gasteiger partial charge in [0.1, 0.15) is 10.8 Å². The highest BCUT2D eigenvalue weighted by molar-refractivity contribution is 8.00. The van der Waals surface area contributed by atoms with Crippen molar-refractivity contribution in [1.82, 2.24) is 15.5 Å². The number of thioether (sulfide) groups is 2. The van der Waals surface area contributed by atoms with Crippen LogP contribution in [0, 0.1) is 6.92 Å². The predicted molar refractivity (Wildman–Crippen MR) is 85.9 cm³/mol. The van der Waals surface area contributed by atoms with Gasteiger partial charge in [-0.1, -0.05) is 16.9 Å². The zero-order valence-corrected chi connectivity index (χ0v) is 14.2. The molecule has 0 aliphatic heterocycles. The maximum atomic E-state index is 12.1. The Morgan fingerprint density at radius 3 is 2.88 bits per heavy atom. The fraction of sp³-hybridized carbons (Fsp3) is 0.357. The summed E-state index contributed by atoms with van der Waals surface area (Å²) in [4.78, 5) is 16.3. The summed E-state index contributed by atoms with van der Waals surface area (Å²) in [5, 5.41) is 6.81. The molecule has 0 fully saturated rings. The van der Waals surface area contributed by atoms with Crippen LogP contribution >= 0.6 is 23.5 Å². The van der Waals surface area contributed by atoms with E-state index in [1.807, 2.05) is 0 Å². The Balaban J connectivity index is 1.91. The largest absolute Gasteiger partial charge is 0.441 e. The van der Waals surface area contributed by atoms with E-state index in [1.54, 1.807) is 31.3 Å². The lowest BCUT2D eigenvalue weighted by Crippen LogP contribution is -2.27. The van der Waals surface area contributed by atoms with Crippen molar-refractivity contribution in [2.45, 2.75) is 23.2 Å². The standard InChI is InChI=1S/C14H14F3N3O2S2/c1-9-7-10(20-22-9)8-23-13-11(3-2-4-19-13)12(21)18-5-6-24-14(15,16)17/h2-4,7H,5-6,8H2,1H3,(H,18,21). The van der Waals surface area contributed by atoms with Crippen LogP contribution in [-0.4, -0.2) is 33.9 Å².